The Bertz CT molecular complexity index is 1190. The molecule has 0 unspecified atom stereocenters. The van der Waals surface area contributed by atoms with Gasteiger partial charge >= 0.3 is 0 Å². The average Bonchev–Trinajstić information content (AvgIpc) is 3.20. The lowest BCUT2D eigenvalue weighted by atomic mass is 10.2. The van der Waals surface area contributed by atoms with Crippen LogP contribution in [0.5, 0.6) is 11.5 Å². The summed E-state index contributed by atoms with van der Waals surface area (Å²) in [6, 6.07) is 23.0. The van der Waals surface area contributed by atoms with Crippen LogP contribution in [0.4, 0.5) is 5.13 Å². The van der Waals surface area contributed by atoms with E-state index in [1.807, 2.05) is 87.7 Å². The highest BCUT2D eigenvalue weighted by molar-refractivity contribution is 7.22. The van der Waals surface area contributed by atoms with E-state index in [0.717, 1.165) is 28.1 Å². The van der Waals surface area contributed by atoms with E-state index in [-0.39, 0.29) is 5.91 Å². The molecule has 158 valence electrons. The molecule has 1 heterocycles. The number of para-hydroxylation sites is 2. The fourth-order valence-corrected chi connectivity index (χ4v) is 4.32. The van der Waals surface area contributed by atoms with Gasteiger partial charge in [0.1, 0.15) is 11.5 Å². The molecule has 0 spiro atoms. The minimum Gasteiger partial charge on any atom is -0.457 e. The smallest absolute Gasteiger partial charge is 0.260 e. The van der Waals surface area contributed by atoms with Gasteiger partial charge in [-0.2, -0.15) is 0 Å². The fraction of sp³-hybridized carbons (Fsp3) is 0.200. The maximum atomic E-state index is 13.5. The summed E-state index contributed by atoms with van der Waals surface area (Å²) in [5.74, 6) is 1.28. The largest absolute Gasteiger partial charge is 0.457 e. The Morgan fingerprint density at radius 3 is 2.42 bits per heavy atom. The number of aromatic nitrogens is 1. The Labute approximate surface area is 186 Å². The van der Waals surface area contributed by atoms with Gasteiger partial charge in [0.25, 0.3) is 5.91 Å². The van der Waals surface area contributed by atoms with Crippen molar-refractivity contribution >= 4 is 32.6 Å². The SMILES string of the molecule is Cc1cccc2sc(N(CCN(C)C)C(=O)c3cccc(Oc4ccccc4)c3)nc12. The molecule has 4 aromatic rings. The van der Waals surface area contributed by atoms with Crippen LogP contribution in [-0.2, 0) is 0 Å². The first-order valence-electron chi connectivity index (χ1n) is 10.2. The molecule has 1 amide bonds. The molecule has 0 N–H and O–H groups in total. The summed E-state index contributed by atoms with van der Waals surface area (Å²) in [7, 11) is 4.00. The van der Waals surface area contributed by atoms with Crippen LogP contribution < -0.4 is 9.64 Å². The van der Waals surface area contributed by atoms with Gasteiger partial charge in [0, 0.05) is 18.7 Å². The van der Waals surface area contributed by atoms with Crippen LogP contribution >= 0.6 is 11.3 Å². The predicted octanol–water partition coefficient (Wildman–Crippen LogP) is 5.61. The molecule has 6 heteroatoms. The molecule has 0 aliphatic carbocycles. The summed E-state index contributed by atoms with van der Waals surface area (Å²) in [5, 5.41) is 0.713. The van der Waals surface area contributed by atoms with Crippen molar-refractivity contribution in [1.82, 2.24) is 9.88 Å². The molecule has 31 heavy (non-hydrogen) atoms. The number of nitrogens with zero attached hydrogens (tertiary/aromatic N) is 3. The molecule has 3 aromatic carbocycles. The van der Waals surface area contributed by atoms with Crippen molar-refractivity contribution in [3.05, 3.63) is 83.9 Å². The van der Waals surface area contributed by atoms with E-state index in [4.69, 9.17) is 9.72 Å². The minimum atomic E-state index is -0.0860. The maximum absolute atomic E-state index is 13.5. The Morgan fingerprint density at radius 1 is 0.935 bits per heavy atom. The van der Waals surface area contributed by atoms with Gasteiger partial charge in [-0.1, -0.05) is 47.7 Å². The van der Waals surface area contributed by atoms with Crippen molar-refractivity contribution in [3.8, 4) is 11.5 Å². The average molecular weight is 432 g/mol. The molecule has 0 aliphatic heterocycles. The molecular weight excluding hydrogens is 406 g/mol. The van der Waals surface area contributed by atoms with Gasteiger partial charge in [-0.3, -0.25) is 9.69 Å². The first-order chi connectivity index (χ1) is 15.0. The number of carbonyl (C=O) groups is 1. The number of amides is 1. The number of likely N-dealkylation sites (N-methyl/N-ethyl adjacent to an activating group) is 1. The third-order valence-electron chi connectivity index (χ3n) is 4.92. The Balaban J connectivity index is 1.65. The first kappa shape index (κ1) is 21.0. The summed E-state index contributed by atoms with van der Waals surface area (Å²) in [5.41, 5.74) is 2.63. The van der Waals surface area contributed by atoms with Crippen molar-refractivity contribution in [2.75, 3.05) is 32.1 Å². The Kier molecular flexibility index (Phi) is 6.30. The first-order valence-corrected chi connectivity index (χ1v) is 11.0. The predicted molar refractivity (Wildman–Crippen MR) is 128 cm³/mol. The van der Waals surface area contributed by atoms with E-state index in [9.17, 15) is 4.79 Å². The molecule has 0 atom stereocenters. The lowest BCUT2D eigenvalue weighted by Crippen LogP contribution is -2.36. The number of ether oxygens (including phenoxy) is 1. The number of hydrogen-bond acceptors (Lipinski definition) is 5. The third-order valence-corrected chi connectivity index (χ3v) is 5.96. The van der Waals surface area contributed by atoms with Crippen LogP contribution in [0.15, 0.2) is 72.8 Å². The summed E-state index contributed by atoms with van der Waals surface area (Å²) < 4.78 is 7.01. The van der Waals surface area contributed by atoms with Crippen LogP contribution in [-0.4, -0.2) is 43.0 Å². The molecule has 0 radical (unpaired) electrons. The zero-order chi connectivity index (χ0) is 21.8. The zero-order valence-electron chi connectivity index (χ0n) is 17.9. The highest BCUT2D eigenvalue weighted by Crippen LogP contribution is 2.32. The normalized spacial score (nSPS) is 11.1. The molecule has 0 saturated heterocycles. The highest BCUT2D eigenvalue weighted by Gasteiger charge is 2.22. The zero-order valence-corrected chi connectivity index (χ0v) is 18.7. The van der Waals surface area contributed by atoms with E-state index < -0.39 is 0 Å². The number of benzene rings is 3. The van der Waals surface area contributed by atoms with Crippen LogP contribution in [0.1, 0.15) is 15.9 Å². The summed E-state index contributed by atoms with van der Waals surface area (Å²) >= 11 is 1.55. The molecular formula is C25H25N3O2S. The van der Waals surface area contributed by atoms with Crippen molar-refractivity contribution < 1.29 is 9.53 Å². The topological polar surface area (TPSA) is 45.7 Å². The van der Waals surface area contributed by atoms with E-state index in [0.29, 0.717) is 23.0 Å². The van der Waals surface area contributed by atoms with Gasteiger partial charge in [-0.05, 0) is 63.0 Å². The van der Waals surface area contributed by atoms with E-state index >= 15 is 0 Å². The third kappa shape index (κ3) is 4.93. The van der Waals surface area contributed by atoms with Crippen LogP contribution in [0.2, 0.25) is 0 Å². The second-order valence-electron chi connectivity index (χ2n) is 7.62. The minimum absolute atomic E-state index is 0.0860. The standard InChI is InChI=1S/C25H25N3O2S/c1-18-9-7-14-22-23(18)26-25(31-22)28(16-15-27(2)3)24(29)19-10-8-13-21(17-19)30-20-11-5-4-6-12-20/h4-14,17H,15-16H2,1-3H3. The lowest BCUT2D eigenvalue weighted by molar-refractivity contribution is 0.0985. The Morgan fingerprint density at radius 2 is 1.68 bits per heavy atom. The van der Waals surface area contributed by atoms with Gasteiger partial charge in [-0.15, -0.1) is 0 Å². The molecule has 1 aromatic heterocycles. The van der Waals surface area contributed by atoms with Crippen molar-refractivity contribution in [1.29, 1.82) is 0 Å². The highest BCUT2D eigenvalue weighted by atomic mass is 32.1. The second-order valence-corrected chi connectivity index (χ2v) is 8.63. The van der Waals surface area contributed by atoms with Gasteiger partial charge in [-0.25, -0.2) is 4.98 Å². The van der Waals surface area contributed by atoms with Gasteiger partial charge in [0.2, 0.25) is 0 Å². The van der Waals surface area contributed by atoms with Gasteiger partial charge in [0.15, 0.2) is 5.13 Å². The molecule has 0 aliphatic rings. The summed E-state index contributed by atoms with van der Waals surface area (Å²) in [6.45, 7) is 3.33. The molecule has 4 rings (SSSR count). The molecule has 0 fully saturated rings. The number of rotatable bonds is 7. The summed E-state index contributed by atoms with van der Waals surface area (Å²) in [6.07, 6.45) is 0. The lowest BCUT2D eigenvalue weighted by Gasteiger charge is -2.22. The summed E-state index contributed by atoms with van der Waals surface area (Å²) in [4.78, 5) is 22.2. The number of aryl methyl sites for hydroxylation is 1. The van der Waals surface area contributed by atoms with Crippen molar-refractivity contribution in [3.63, 3.8) is 0 Å². The number of thiazole rings is 1. The van der Waals surface area contributed by atoms with Crippen molar-refractivity contribution in [2.45, 2.75) is 6.92 Å². The second kappa shape index (κ2) is 9.29. The van der Waals surface area contributed by atoms with Crippen LogP contribution in [0, 0.1) is 6.92 Å². The Hall–Kier alpha value is -3.22. The quantitative estimate of drug-likeness (QED) is 0.382. The number of anilines is 1. The van der Waals surface area contributed by atoms with Crippen LogP contribution in [0.25, 0.3) is 10.2 Å². The van der Waals surface area contributed by atoms with E-state index in [1.165, 1.54) is 0 Å². The number of carbonyl (C=O) groups excluding carboxylic acids is 1. The monoisotopic (exact) mass is 431 g/mol. The molecule has 0 bridgehead atoms. The van der Waals surface area contributed by atoms with Crippen LogP contribution in [0.3, 0.4) is 0 Å². The van der Waals surface area contributed by atoms with Gasteiger partial charge in [0.05, 0.1) is 10.2 Å². The number of hydrogen-bond donors (Lipinski definition) is 0. The van der Waals surface area contributed by atoms with Crippen molar-refractivity contribution in [2.24, 2.45) is 0 Å². The van der Waals surface area contributed by atoms with E-state index in [2.05, 4.69) is 4.90 Å². The molecule has 5 nitrogen and oxygen atoms in total. The molecule has 0 saturated carbocycles. The fourth-order valence-electron chi connectivity index (χ4n) is 3.25. The number of fused-ring (bicyclic) bond motifs is 1. The van der Waals surface area contributed by atoms with E-state index in [1.54, 1.807) is 22.3 Å². The maximum Gasteiger partial charge on any atom is 0.260 e. The van der Waals surface area contributed by atoms with Gasteiger partial charge < -0.3 is 9.64 Å².